The van der Waals surface area contributed by atoms with Crippen molar-refractivity contribution in [1.82, 2.24) is 15.6 Å². The lowest BCUT2D eigenvalue weighted by atomic mass is 9.86. The Labute approximate surface area is 233 Å². The third kappa shape index (κ3) is 7.58. The number of ether oxygens (including phenoxy) is 1. The van der Waals surface area contributed by atoms with E-state index in [4.69, 9.17) is 15.3 Å². The van der Waals surface area contributed by atoms with Gasteiger partial charge in [-0.05, 0) is 64.5 Å². The zero-order chi connectivity index (χ0) is 28.0. The van der Waals surface area contributed by atoms with Crippen molar-refractivity contribution in [2.24, 2.45) is 0 Å². The average Bonchev–Trinajstić information content (AvgIpc) is 3.66. The number of carbonyl (C=O) groups is 1. The Balaban J connectivity index is 1.51. The van der Waals surface area contributed by atoms with E-state index in [0.29, 0.717) is 36.3 Å². The van der Waals surface area contributed by atoms with Gasteiger partial charge < -0.3 is 31.2 Å². The molecule has 1 aromatic heterocycles. The fraction of sp³-hybridized carbons (Fsp3) is 0.519. The molecule has 0 radical (unpaired) electrons. The summed E-state index contributed by atoms with van der Waals surface area (Å²) in [6, 6.07) is 5.33. The first-order valence-electron chi connectivity index (χ1n) is 13.3. The third-order valence-electron chi connectivity index (χ3n) is 6.74. The first-order valence-corrected chi connectivity index (χ1v) is 15.7. The summed E-state index contributed by atoms with van der Waals surface area (Å²) >= 11 is 1.53. The van der Waals surface area contributed by atoms with Gasteiger partial charge in [0.1, 0.15) is 0 Å². The molecule has 0 saturated heterocycles. The Hall–Kier alpha value is -2.96. The topological polar surface area (TPSA) is 154 Å². The molecule has 1 aromatic carbocycles. The van der Waals surface area contributed by atoms with Crippen molar-refractivity contribution in [3.63, 3.8) is 0 Å². The molecule has 2 fully saturated rings. The number of aliphatic hydroxyl groups excluding tert-OH is 1. The molecule has 2 saturated carbocycles. The van der Waals surface area contributed by atoms with Crippen molar-refractivity contribution in [3.8, 4) is 10.4 Å². The molecule has 2 aliphatic rings. The van der Waals surface area contributed by atoms with E-state index < -0.39 is 9.84 Å². The van der Waals surface area contributed by atoms with Crippen LogP contribution in [0, 0.1) is 5.41 Å². The van der Waals surface area contributed by atoms with Crippen LogP contribution < -0.4 is 16.0 Å². The van der Waals surface area contributed by atoms with Crippen molar-refractivity contribution < 1.29 is 23.1 Å². The molecular formula is C27H37N5O5S2. The number of aliphatic hydroxyl groups is 1. The van der Waals surface area contributed by atoms with Gasteiger partial charge in [-0.15, -0.1) is 11.3 Å². The number of allylic oxidation sites excluding steroid dienone is 1. The highest BCUT2D eigenvalue weighted by atomic mass is 32.2. The molecule has 4 rings (SSSR count). The number of nitrogens with one attached hydrogen (secondary N) is 4. The summed E-state index contributed by atoms with van der Waals surface area (Å²) in [5.41, 5.74) is 1.64. The van der Waals surface area contributed by atoms with Crippen LogP contribution in [-0.2, 0) is 14.6 Å². The zero-order valence-corrected chi connectivity index (χ0v) is 23.9. The predicted molar refractivity (Wildman–Crippen MR) is 153 cm³/mol. The maximum Gasteiger partial charge on any atom is 0.407 e. The molecule has 0 atom stereocenters. The van der Waals surface area contributed by atoms with Gasteiger partial charge >= 0.3 is 6.09 Å². The number of benzene rings is 1. The zero-order valence-electron chi connectivity index (χ0n) is 22.3. The molecule has 0 spiro atoms. The highest BCUT2D eigenvalue weighted by Gasteiger charge is 2.39. The molecule has 39 heavy (non-hydrogen) atoms. The molecule has 1 heterocycles. The van der Waals surface area contributed by atoms with Crippen LogP contribution in [0.1, 0.15) is 63.3 Å². The quantitative estimate of drug-likeness (QED) is 0.184. The fourth-order valence-electron chi connectivity index (χ4n) is 4.62. The Morgan fingerprint density at radius 1 is 1.23 bits per heavy atom. The Morgan fingerprint density at radius 2 is 1.97 bits per heavy atom. The van der Waals surface area contributed by atoms with Crippen LogP contribution in [0.2, 0.25) is 0 Å². The van der Waals surface area contributed by atoms with Crippen LogP contribution in [0.5, 0.6) is 0 Å². The lowest BCUT2D eigenvalue weighted by molar-refractivity contribution is 0.109. The fourth-order valence-corrected chi connectivity index (χ4v) is 7.71. The summed E-state index contributed by atoms with van der Waals surface area (Å²) in [6.45, 7) is 3.95. The van der Waals surface area contributed by atoms with Crippen LogP contribution in [0.25, 0.3) is 10.4 Å². The Kier molecular flexibility index (Phi) is 9.62. The molecule has 0 aliphatic heterocycles. The summed E-state index contributed by atoms with van der Waals surface area (Å²) < 4.78 is 32.0. The van der Waals surface area contributed by atoms with E-state index in [-0.39, 0.29) is 40.9 Å². The Morgan fingerprint density at radius 3 is 2.62 bits per heavy atom. The number of nitrogens with zero attached hydrogens (tertiary/aromatic N) is 1. The second-order valence-electron chi connectivity index (χ2n) is 10.2. The minimum absolute atomic E-state index is 0.0393. The molecule has 2 aromatic rings. The summed E-state index contributed by atoms with van der Waals surface area (Å²) in [5.74, 6) is 0.263. The van der Waals surface area contributed by atoms with E-state index in [1.165, 1.54) is 11.3 Å². The predicted octanol–water partition coefficient (Wildman–Crippen LogP) is 4.39. The van der Waals surface area contributed by atoms with Crippen LogP contribution in [0.3, 0.4) is 0 Å². The van der Waals surface area contributed by atoms with Crippen molar-refractivity contribution >= 4 is 39.2 Å². The molecule has 12 heteroatoms. The lowest BCUT2D eigenvalue weighted by Crippen LogP contribution is -2.38. The van der Waals surface area contributed by atoms with E-state index in [1.54, 1.807) is 30.6 Å². The first-order chi connectivity index (χ1) is 18.7. The summed E-state index contributed by atoms with van der Waals surface area (Å²) in [7, 11) is -3.51. The first kappa shape index (κ1) is 29.0. The van der Waals surface area contributed by atoms with Gasteiger partial charge in [0.25, 0.3) is 0 Å². The second kappa shape index (κ2) is 12.9. The molecule has 2 aliphatic carbocycles. The molecular weight excluding hydrogens is 538 g/mol. The maximum atomic E-state index is 13.4. The number of amides is 1. The SMILES string of the molecule is CC(C)OC(=O)NC1CCC(c2ncc(-c3ccc(N/C(C=N)=C/NCCO)cc3S(=O)(=O)C3CC3)s2)CC1. The Bertz CT molecular complexity index is 1300. The minimum Gasteiger partial charge on any atom is -0.447 e. The highest BCUT2D eigenvalue weighted by molar-refractivity contribution is 7.92. The molecule has 0 bridgehead atoms. The number of rotatable bonds is 12. The van der Waals surface area contributed by atoms with Crippen LogP contribution in [0.4, 0.5) is 10.5 Å². The van der Waals surface area contributed by atoms with Gasteiger partial charge in [-0.25, -0.2) is 18.2 Å². The van der Waals surface area contributed by atoms with E-state index in [2.05, 4.69) is 20.9 Å². The van der Waals surface area contributed by atoms with E-state index in [0.717, 1.165) is 41.8 Å². The van der Waals surface area contributed by atoms with Gasteiger partial charge in [0.05, 0.1) is 38.4 Å². The van der Waals surface area contributed by atoms with Crippen molar-refractivity contribution in [2.45, 2.75) is 80.6 Å². The van der Waals surface area contributed by atoms with Crippen molar-refractivity contribution in [2.75, 3.05) is 18.5 Å². The van der Waals surface area contributed by atoms with Gasteiger partial charge in [0, 0.05) is 48.4 Å². The molecule has 212 valence electrons. The van der Waals surface area contributed by atoms with Gasteiger partial charge in [-0.2, -0.15) is 0 Å². The van der Waals surface area contributed by atoms with Crippen LogP contribution in [0.15, 0.2) is 41.2 Å². The van der Waals surface area contributed by atoms with Crippen molar-refractivity contribution in [1.29, 1.82) is 5.41 Å². The number of sulfone groups is 1. The van der Waals surface area contributed by atoms with E-state index in [9.17, 15) is 13.2 Å². The summed E-state index contributed by atoms with van der Waals surface area (Å²) in [6.07, 6.45) is 8.69. The number of carbonyl (C=O) groups excluding carboxylic acids is 1. The maximum absolute atomic E-state index is 13.4. The monoisotopic (exact) mass is 575 g/mol. The number of aromatic nitrogens is 1. The largest absolute Gasteiger partial charge is 0.447 e. The minimum atomic E-state index is -3.51. The smallest absolute Gasteiger partial charge is 0.407 e. The standard InChI is InChI=1S/C27H37N5O5S2/c1-17(2)37-27(34)32-19-5-3-18(4-6-19)26-30-16-24(38-26)23-10-7-20(31-21(14-28)15-29-11-12-33)13-25(23)39(35,36)22-8-9-22/h7,10,13-19,22,28-29,31,33H,3-6,8-9,11-12H2,1-2H3,(H,32,34)/b21-15+,28-14?. The van der Waals surface area contributed by atoms with E-state index in [1.807, 2.05) is 13.8 Å². The number of hydrogen-bond donors (Lipinski definition) is 5. The number of hydrogen-bond acceptors (Lipinski definition) is 10. The third-order valence-corrected chi connectivity index (χ3v) is 10.2. The van der Waals surface area contributed by atoms with Crippen LogP contribution >= 0.6 is 11.3 Å². The summed E-state index contributed by atoms with van der Waals surface area (Å²) in [4.78, 5) is 17.7. The van der Waals surface area contributed by atoms with Crippen molar-refractivity contribution in [3.05, 3.63) is 41.3 Å². The average molecular weight is 576 g/mol. The molecule has 1 amide bonds. The van der Waals surface area contributed by atoms with Crippen LogP contribution in [-0.4, -0.2) is 61.4 Å². The number of alkyl carbamates (subject to hydrolysis) is 1. The molecule has 5 N–H and O–H groups in total. The number of thiazole rings is 1. The van der Waals surface area contributed by atoms with Gasteiger partial charge in [-0.3, -0.25) is 0 Å². The van der Waals surface area contributed by atoms with Gasteiger partial charge in [0.2, 0.25) is 0 Å². The second-order valence-corrected chi connectivity index (χ2v) is 13.5. The summed E-state index contributed by atoms with van der Waals surface area (Å²) in [5, 5.41) is 26.1. The lowest BCUT2D eigenvalue weighted by Gasteiger charge is -2.28. The van der Waals surface area contributed by atoms with E-state index >= 15 is 0 Å². The van der Waals surface area contributed by atoms with Gasteiger partial charge in [-0.1, -0.05) is 6.07 Å². The normalized spacial score (nSPS) is 19.9. The molecule has 10 nitrogen and oxygen atoms in total. The highest BCUT2D eigenvalue weighted by Crippen LogP contribution is 2.43. The number of anilines is 1. The van der Waals surface area contributed by atoms with Gasteiger partial charge in [0.15, 0.2) is 9.84 Å². The molecule has 0 unspecified atom stereocenters.